The summed E-state index contributed by atoms with van der Waals surface area (Å²) in [4.78, 5) is 11.5. The summed E-state index contributed by atoms with van der Waals surface area (Å²) in [6, 6.07) is 22.4. The zero-order valence-electron chi connectivity index (χ0n) is 21.0. The maximum absolute atomic E-state index is 13.4. The summed E-state index contributed by atoms with van der Waals surface area (Å²) in [5, 5.41) is 3.28. The topological polar surface area (TPSA) is 96.5 Å². The van der Waals surface area contributed by atoms with E-state index in [0.717, 1.165) is 22.3 Å². The zero-order valence-corrected chi connectivity index (χ0v) is 21.8. The van der Waals surface area contributed by atoms with Gasteiger partial charge >= 0.3 is 0 Å². The number of aromatic nitrogens is 2. The van der Waals surface area contributed by atoms with Crippen LogP contribution in [0.3, 0.4) is 0 Å². The minimum Gasteiger partial charge on any atom is -0.439 e. The molecule has 1 aromatic heterocycles. The fraction of sp³-hybridized carbons (Fsp3) is 0.214. The van der Waals surface area contributed by atoms with Crippen LogP contribution in [0.1, 0.15) is 23.6 Å². The van der Waals surface area contributed by atoms with Gasteiger partial charge in [-0.2, -0.15) is 4.98 Å². The van der Waals surface area contributed by atoms with Gasteiger partial charge in [-0.15, -0.1) is 0 Å². The molecule has 3 aromatic carbocycles. The zero-order chi connectivity index (χ0) is 26.0. The molecular weight excluding hydrogens is 486 g/mol. The van der Waals surface area contributed by atoms with Gasteiger partial charge in [-0.05, 0) is 62.0 Å². The van der Waals surface area contributed by atoms with Crippen LogP contribution in [0.2, 0.25) is 0 Å². The number of nitrogens with one attached hydrogen (secondary N) is 2. The molecule has 0 saturated carbocycles. The minimum absolute atomic E-state index is 0.0477. The molecule has 0 atom stereocenters. The van der Waals surface area contributed by atoms with E-state index in [4.69, 9.17) is 9.72 Å². The summed E-state index contributed by atoms with van der Waals surface area (Å²) in [6.45, 7) is 3.22. The number of anilines is 2. The van der Waals surface area contributed by atoms with Crippen LogP contribution in [-0.4, -0.2) is 37.4 Å². The molecule has 0 fully saturated rings. The van der Waals surface area contributed by atoms with E-state index < -0.39 is 10.0 Å². The van der Waals surface area contributed by atoms with Gasteiger partial charge in [0.05, 0.1) is 10.6 Å². The van der Waals surface area contributed by atoms with Gasteiger partial charge in [0.1, 0.15) is 5.75 Å². The second kappa shape index (κ2) is 10.2. The summed E-state index contributed by atoms with van der Waals surface area (Å²) in [7, 11) is 0.0550. The Labute approximate surface area is 217 Å². The maximum Gasteiger partial charge on any atom is 0.264 e. The van der Waals surface area contributed by atoms with Crippen LogP contribution in [0, 0.1) is 0 Å². The highest BCUT2D eigenvalue weighted by Gasteiger charge is 2.23. The van der Waals surface area contributed by atoms with Crippen LogP contribution < -0.4 is 14.8 Å². The largest absolute Gasteiger partial charge is 0.439 e. The van der Waals surface area contributed by atoms with Crippen LogP contribution in [-0.2, 0) is 29.5 Å². The molecule has 0 unspecified atom stereocenters. The number of rotatable bonds is 4. The third kappa shape index (κ3) is 5.42. The lowest BCUT2D eigenvalue weighted by atomic mass is 9.99. The van der Waals surface area contributed by atoms with E-state index in [1.54, 1.807) is 18.2 Å². The van der Waals surface area contributed by atoms with Crippen LogP contribution in [0.4, 0.5) is 11.6 Å². The van der Waals surface area contributed by atoms with Crippen molar-refractivity contribution in [3.8, 4) is 22.9 Å². The summed E-state index contributed by atoms with van der Waals surface area (Å²) in [5.74, 6) is 0.883. The quantitative estimate of drug-likeness (QED) is 0.381. The molecule has 0 saturated heterocycles. The molecule has 0 radical (unpaired) electrons. The van der Waals surface area contributed by atoms with Crippen molar-refractivity contribution < 1.29 is 13.2 Å². The van der Waals surface area contributed by atoms with E-state index >= 15 is 0 Å². The molecule has 9 heteroatoms. The van der Waals surface area contributed by atoms with E-state index in [0.29, 0.717) is 42.5 Å². The predicted molar refractivity (Wildman–Crippen MR) is 145 cm³/mol. The lowest BCUT2D eigenvalue weighted by Crippen LogP contribution is -2.17. The third-order valence-corrected chi connectivity index (χ3v) is 7.39. The van der Waals surface area contributed by atoms with Crippen molar-refractivity contribution in [3.63, 3.8) is 0 Å². The molecular formula is C28H29N5O3S. The molecule has 2 heterocycles. The van der Waals surface area contributed by atoms with Crippen molar-refractivity contribution >= 4 is 21.7 Å². The highest BCUT2D eigenvalue weighted by atomic mass is 32.2. The molecule has 37 heavy (non-hydrogen) atoms. The van der Waals surface area contributed by atoms with E-state index in [1.807, 2.05) is 69.6 Å². The molecule has 6 bridgehead atoms. The first-order valence-corrected chi connectivity index (χ1v) is 13.6. The number of nitrogens with zero attached hydrogens (tertiary/aromatic N) is 3. The SMILES string of the molecule is CCc1c2nc(nc1-c1ccccc1CN(C)C)NS(=O)(=O)c1cccc(c1)NCc1cccc(c1)O2. The predicted octanol–water partition coefficient (Wildman–Crippen LogP) is 5.29. The number of hydrogen-bond donors (Lipinski definition) is 2. The van der Waals surface area contributed by atoms with Crippen molar-refractivity contribution in [2.45, 2.75) is 31.3 Å². The molecule has 2 N–H and O–H groups in total. The fourth-order valence-electron chi connectivity index (χ4n) is 4.35. The van der Waals surface area contributed by atoms with Gasteiger partial charge in [-0.25, -0.2) is 18.1 Å². The smallest absolute Gasteiger partial charge is 0.264 e. The lowest BCUT2D eigenvalue weighted by Gasteiger charge is -2.19. The fourth-order valence-corrected chi connectivity index (χ4v) is 5.34. The Morgan fingerprint density at radius 2 is 1.78 bits per heavy atom. The molecule has 1 aliphatic rings. The summed E-state index contributed by atoms with van der Waals surface area (Å²) in [5.41, 5.74) is 5.09. The van der Waals surface area contributed by atoms with Crippen LogP contribution in [0.25, 0.3) is 11.3 Å². The Balaban J connectivity index is 1.74. The second-order valence-corrected chi connectivity index (χ2v) is 10.8. The van der Waals surface area contributed by atoms with E-state index in [9.17, 15) is 8.42 Å². The molecule has 0 amide bonds. The normalized spacial score (nSPS) is 14.2. The Morgan fingerprint density at radius 3 is 2.59 bits per heavy atom. The summed E-state index contributed by atoms with van der Waals surface area (Å²) < 4.78 is 35.6. The molecule has 4 aromatic rings. The highest BCUT2D eigenvalue weighted by molar-refractivity contribution is 7.92. The second-order valence-electron chi connectivity index (χ2n) is 9.16. The van der Waals surface area contributed by atoms with Crippen LogP contribution >= 0.6 is 0 Å². The molecule has 5 rings (SSSR count). The monoisotopic (exact) mass is 515 g/mol. The maximum atomic E-state index is 13.4. The lowest BCUT2D eigenvalue weighted by molar-refractivity contribution is 0.403. The number of sulfonamides is 1. The van der Waals surface area contributed by atoms with Crippen LogP contribution in [0.5, 0.6) is 11.6 Å². The van der Waals surface area contributed by atoms with Crippen LogP contribution in [0.15, 0.2) is 77.7 Å². The average molecular weight is 516 g/mol. The van der Waals surface area contributed by atoms with Gasteiger partial charge in [0.2, 0.25) is 11.8 Å². The van der Waals surface area contributed by atoms with Gasteiger partial charge in [-0.1, -0.05) is 49.4 Å². The van der Waals surface area contributed by atoms with Gasteiger partial charge < -0.3 is 15.0 Å². The van der Waals surface area contributed by atoms with E-state index in [-0.39, 0.29) is 10.8 Å². The number of benzene rings is 3. The molecule has 0 spiro atoms. The Bertz CT molecular complexity index is 1550. The number of fused-ring (bicyclic) bond motifs is 6. The van der Waals surface area contributed by atoms with Crippen molar-refractivity contribution in [2.75, 3.05) is 24.1 Å². The van der Waals surface area contributed by atoms with Crippen molar-refractivity contribution in [1.82, 2.24) is 14.9 Å². The Kier molecular flexibility index (Phi) is 6.82. The van der Waals surface area contributed by atoms with Crippen molar-refractivity contribution in [1.29, 1.82) is 0 Å². The average Bonchev–Trinajstić information content (AvgIpc) is 2.87. The van der Waals surface area contributed by atoms with Crippen molar-refractivity contribution in [3.05, 3.63) is 89.5 Å². The standard InChI is InChI=1S/C28H29N5O3S/c1-4-24-26(25-14-6-5-10-20(25)18-33(2)3)30-28-31-27(24)36-22-12-7-9-19(15-22)17-29-21-11-8-13-23(16-21)37(34,35)32-28/h5-16,29H,4,17-18H2,1-3H3,(H,30,31,32). The van der Waals surface area contributed by atoms with Gasteiger partial charge in [0.15, 0.2) is 0 Å². The third-order valence-electron chi connectivity index (χ3n) is 6.06. The summed E-state index contributed by atoms with van der Waals surface area (Å²) in [6.07, 6.45) is 0.595. The molecule has 1 aliphatic heterocycles. The Hall–Kier alpha value is -3.95. The first-order valence-electron chi connectivity index (χ1n) is 12.1. The molecule has 190 valence electrons. The first-order chi connectivity index (χ1) is 17.8. The molecule has 8 nitrogen and oxygen atoms in total. The first kappa shape index (κ1) is 24.7. The number of hydrogen-bond acceptors (Lipinski definition) is 7. The van der Waals surface area contributed by atoms with Gasteiger partial charge in [0.25, 0.3) is 10.0 Å². The number of ether oxygens (including phenoxy) is 1. The van der Waals surface area contributed by atoms with Gasteiger partial charge in [0, 0.05) is 29.9 Å². The van der Waals surface area contributed by atoms with Crippen molar-refractivity contribution in [2.24, 2.45) is 0 Å². The summed E-state index contributed by atoms with van der Waals surface area (Å²) >= 11 is 0. The van der Waals surface area contributed by atoms with Gasteiger partial charge in [-0.3, -0.25) is 0 Å². The highest BCUT2D eigenvalue weighted by Crippen LogP contribution is 2.35. The Morgan fingerprint density at radius 1 is 0.973 bits per heavy atom. The minimum atomic E-state index is -3.96. The molecule has 0 aliphatic carbocycles. The van der Waals surface area contributed by atoms with E-state index in [1.165, 1.54) is 0 Å². The van der Waals surface area contributed by atoms with E-state index in [2.05, 4.69) is 26.0 Å².